The van der Waals surface area contributed by atoms with Gasteiger partial charge in [0, 0.05) is 17.8 Å². The Balaban J connectivity index is 1.66. The molecule has 4 heteroatoms. The summed E-state index contributed by atoms with van der Waals surface area (Å²) in [6.45, 7) is 4.28. The third kappa shape index (κ3) is 3.29. The van der Waals surface area contributed by atoms with E-state index in [1.54, 1.807) is 0 Å². The van der Waals surface area contributed by atoms with Crippen molar-refractivity contribution < 1.29 is 0 Å². The van der Waals surface area contributed by atoms with Crippen LogP contribution in [0.2, 0.25) is 0 Å². The predicted octanol–water partition coefficient (Wildman–Crippen LogP) is 4.13. The summed E-state index contributed by atoms with van der Waals surface area (Å²) in [6.07, 6.45) is 8.26. The van der Waals surface area contributed by atoms with E-state index >= 15 is 0 Å². The molecule has 0 radical (unpaired) electrons. The maximum atomic E-state index is 4.73. The number of aromatic nitrogens is 1. The van der Waals surface area contributed by atoms with Crippen molar-refractivity contribution in [2.75, 3.05) is 25.5 Å². The smallest absolute Gasteiger partial charge is 0.0875 e. The van der Waals surface area contributed by atoms with Crippen LogP contribution in [0.25, 0.3) is 10.2 Å². The molecule has 0 amide bonds. The molecule has 3 nitrogen and oxygen atoms in total. The summed E-state index contributed by atoms with van der Waals surface area (Å²) in [5, 5.41) is 3.79. The van der Waals surface area contributed by atoms with E-state index in [2.05, 4.69) is 35.2 Å². The van der Waals surface area contributed by atoms with Crippen molar-refractivity contribution in [2.24, 2.45) is 5.92 Å². The summed E-state index contributed by atoms with van der Waals surface area (Å²) in [6, 6.07) is 2.71. The normalized spacial score (nSPS) is 19.2. The molecule has 1 saturated heterocycles. The number of pyridine rings is 1. The average molecular weight is 340 g/mol. The van der Waals surface area contributed by atoms with Gasteiger partial charge >= 0.3 is 0 Å². The highest BCUT2D eigenvalue weighted by Crippen LogP contribution is 2.40. The van der Waals surface area contributed by atoms with Crippen molar-refractivity contribution in [1.82, 2.24) is 9.88 Å². The molecule has 0 bridgehead atoms. The molecule has 3 heterocycles. The summed E-state index contributed by atoms with van der Waals surface area (Å²) in [7, 11) is 2.21. The first-order valence-corrected chi connectivity index (χ1v) is 9.84. The third-order valence-corrected chi connectivity index (χ3v) is 6.35. The quantitative estimate of drug-likeness (QED) is 0.849. The molecule has 2 aromatic heterocycles. The van der Waals surface area contributed by atoms with E-state index in [9.17, 15) is 0 Å². The number of hydrogen-bond acceptors (Lipinski definition) is 4. The third-order valence-electron chi connectivity index (χ3n) is 5.18. The number of anilines is 1. The van der Waals surface area contributed by atoms with Crippen LogP contribution in [0, 0.1) is 17.8 Å². The Morgan fingerprint density at radius 3 is 2.79 bits per heavy atom. The van der Waals surface area contributed by atoms with Gasteiger partial charge in [-0.25, -0.2) is 0 Å². The van der Waals surface area contributed by atoms with E-state index in [-0.39, 0.29) is 0 Å². The zero-order chi connectivity index (χ0) is 16.5. The molecule has 2 aromatic rings. The Morgan fingerprint density at radius 1 is 1.29 bits per heavy atom. The highest BCUT2D eigenvalue weighted by molar-refractivity contribution is 7.20. The summed E-state index contributed by atoms with van der Waals surface area (Å²) >= 11 is 1.82. The van der Waals surface area contributed by atoms with E-state index < -0.39 is 0 Å². The van der Waals surface area contributed by atoms with Crippen LogP contribution in [0.5, 0.6) is 0 Å². The first-order valence-electron chi connectivity index (χ1n) is 9.03. The molecule has 1 aliphatic heterocycles. The van der Waals surface area contributed by atoms with E-state index in [0.717, 1.165) is 12.3 Å². The van der Waals surface area contributed by atoms with Crippen molar-refractivity contribution in [3.63, 3.8) is 0 Å². The lowest BCUT2D eigenvalue weighted by Crippen LogP contribution is -2.36. The number of rotatable bonds is 4. The zero-order valence-electron chi connectivity index (χ0n) is 14.6. The topological polar surface area (TPSA) is 28.2 Å². The highest BCUT2D eigenvalue weighted by atomic mass is 32.1. The Hall–Kier alpha value is -1.57. The standard InChI is InChI=1S/C20H25N3S/c1-3-4-18-16(13-14-5-6-14)19-20(24-18)17(7-10-21-19)22-15-8-11-23(2)12-9-15/h7,10,14-15H,5-6,8-9,11-13H2,1-2H3,(H,21,22). The van der Waals surface area contributed by atoms with Gasteiger partial charge in [0.1, 0.15) is 0 Å². The molecule has 0 aromatic carbocycles. The molecule has 1 N–H and O–H groups in total. The first-order chi connectivity index (χ1) is 11.7. The number of thiophene rings is 1. The number of fused-ring (bicyclic) bond motifs is 1. The molecule has 2 aliphatic rings. The van der Waals surface area contributed by atoms with Crippen LogP contribution in [-0.2, 0) is 6.42 Å². The fourth-order valence-electron chi connectivity index (χ4n) is 3.54. The van der Waals surface area contributed by atoms with Crippen molar-refractivity contribution in [3.05, 3.63) is 22.7 Å². The number of nitrogens with one attached hydrogen (secondary N) is 1. The minimum atomic E-state index is 0.571. The molecule has 4 rings (SSSR count). The van der Waals surface area contributed by atoms with Gasteiger partial charge in [0.05, 0.1) is 20.8 Å². The van der Waals surface area contributed by atoms with Gasteiger partial charge in [-0.05, 0) is 71.1 Å². The summed E-state index contributed by atoms with van der Waals surface area (Å²) in [5.74, 6) is 7.28. The number of likely N-dealkylation sites (tertiary alicyclic amines) is 1. The molecule has 1 aliphatic carbocycles. The number of nitrogens with zero attached hydrogens (tertiary/aromatic N) is 2. The largest absolute Gasteiger partial charge is 0.381 e. The van der Waals surface area contributed by atoms with Crippen LogP contribution >= 0.6 is 11.3 Å². The molecule has 24 heavy (non-hydrogen) atoms. The molecule has 126 valence electrons. The molecule has 0 atom stereocenters. The van der Waals surface area contributed by atoms with Crippen LogP contribution in [-0.4, -0.2) is 36.1 Å². The second-order valence-corrected chi connectivity index (χ2v) is 8.21. The minimum Gasteiger partial charge on any atom is -0.381 e. The Kier molecular flexibility index (Phi) is 4.47. The fraction of sp³-hybridized carbons (Fsp3) is 0.550. The molecular formula is C20H25N3S. The maximum Gasteiger partial charge on any atom is 0.0875 e. The zero-order valence-corrected chi connectivity index (χ0v) is 15.4. The second kappa shape index (κ2) is 6.74. The van der Waals surface area contributed by atoms with Crippen molar-refractivity contribution in [2.45, 2.75) is 45.1 Å². The van der Waals surface area contributed by atoms with Gasteiger partial charge in [0.25, 0.3) is 0 Å². The first kappa shape index (κ1) is 15.9. The molecule has 1 saturated carbocycles. The fourth-order valence-corrected chi connectivity index (χ4v) is 4.71. The van der Waals surface area contributed by atoms with Crippen LogP contribution in [0.3, 0.4) is 0 Å². The molecule has 0 spiro atoms. The van der Waals surface area contributed by atoms with Crippen molar-refractivity contribution in [1.29, 1.82) is 0 Å². The second-order valence-electron chi connectivity index (χ2n) is 7.19. The van der Waals surface area contributed by atoms with Crippen molar-refractivity contribution >= 4 is 27.2 Å². The Bertz CT molecular complexity index is 786. The molecular weight excluding hydrogens is 314 g/mol. The SMILES string of the molecule is CC#Cc1sc2c(NC3CCN(C)CC3)ccnc2c1CC1CC1. The minimum absolute atomic E-state index is 0.571. The molecule has 0 unspecified atom stereocenters. The van der Waals surface area contributed by atoms with Crippen LogP contribution in [0.15, 0.2) is 12.3 Å². The van der Waals surface area contributed by atoms with Gasteiger partial charge in [-0.3, -0.25) is 4.98 Å². The Morgan fingerprint density at radius 2 is 2.08 bits per heavy atom. The lowest BCUT2D eigenvalue weighted by atomic mass is 10.0. The van der Waals surface area contributed by atoms with E-state index in [1.807, 2.05) is 24.5 Å². The maximum absolute atomic E-state index is 4.73. The lowest BCUT2D eigenvalue weighted by Gasteiger charge is -2.30. The van der Waals surface area contributed by atoms with E-state index in [4.69, 9.17) is 4.98 Å². The summed E-state index contributed by atoms with van der Waals surface area (Å²) in [5.41, 5.74) is 3.82. The van der Waals surface area contributed by atoms with E-state index in [0.29, 0.717) is 6.04 Å². The number of hydrogen-bond donors (Lipinski definition) is 1. The van der Waals surface area contributed by atoms with Gasteiger partial charge < -0.3 is 10.2 Å². The highest BCUT2D eigenvalue weighted by Gasteiger charge is 2.26. The van der Waals surface area contributed by atoms with Gasteiger partial charge in [-0.1, -0.05) is 5.92 Å². The van der Waals surface area contributed by atoms with Crippen LogP contribution < -0.4 is 5.32 Å². The van der Waals surface area contributed by atoms with Gasteiger partial charge in [-0.15, -0.1) is 17.3 Å². The van der Waals surface area contributed by atoms with Crippen molar-refractivity contribution in [3.8, 4) is 11.8 Å². The Labute approximate surface area is 148 Å². The molecule has 2 fully saturated rings. The summed E-state index contributed by atoms with van der Waals surface area (Å²) < 4.78 is 1.30. The van der Waals surface area contributed by atoms with Gasteiger partial charge in [-0.2, -0.15) is 0 Å². The lowest BCUT2D eigenvalue weighted by molar-refractivity contribution is 0.264. The van der Waals surface area contributed by atoms with Crippen LogP contribution in [0.1, 0.15) is 43.0 Å². The van der Waals surface area contributed by atoms with E-state index in [1.165, 1.54) is 65.1 Å². The number of piperidine rings is 1. The summed E-state index contributed by atoms with van der Waals surface area (Å²) in [4.78, 5) is 8.36. The monoisotopic (exact) mass is 339 g/mol. The predicted molar refractivity (Wildman–Crippen MR) is 103 cm³/mol. The average Bonchev–Trinajstić information content (AvgIpc) is 3.33. The van der Waals surface area contributed by atoms with Gasteiger partial charge in [0.2, 0.25) is 0 Å². The van der Waals surface area contributed by atoms with Crippen LogP contribution in [0.4, 0.5) is 5.69 Å². The van der Waals surface area contributed by atoms with Gasteiger partial charge in [0.15, 0.2) is 0 Å².